The molecule has 2 aliphatic heterocycles. The van der Waals surface area contributed by atoms with Crippen LogP contribution in [-0.4, -0.2) is 16.7 Å². The first-order chi connectivity index (χ1) is 7.57. The van der Waals surface area contributed by atoms with Crippen LogP contribution in [0.1, 0.15) is 31.4 Å². The van der Waals surface area contributed by atoms with Crippen molar-refractivity contribution in [3.63, 3.8) is 0 Å². The molecule has 1 aromatic rings. The van der Waals surface area contributed by atoms with E-state index in [0.717, 1.165) is 12.8 Å². The van der Waals surface area contributed by atoms with E-state index in [-0.39, 0.29) is 17.4 Å². The molecule has 2 N–H and O–H groups in total. The highest BCUT2D eigenvalue weighted by Crippen LogP contribution is 2.50. The van der Waals surface area contributed by atoms with Gasteiger partial charge in [-0.3, -0.25) is 0 Å². The van der Waals surface area contributed by atoms with Gasteiger partial charge in [0.2, 0.25) is 0 Å². The number of rotatable bonds is 2. The largest absolute Gasteiger partial charge is 0.387 e. The van der Waals surface area contributed by atoms with E-state index in [1.807, 2.05) is 0 Å². The van der Waals surface area contributed by atoms with Gasteiger partial charge in [0.1, 0.15) is 5.82 Å². The molecule has 86 valence electrons. The van der Waals surface area contributed by atoms with Crippen molar-refractivity contribution in [3.05, 3.63) is 35.6 Å². The smallest absolute Gasteiger partial charge is 0.123 e. The molecule has 16 heavy (non-hydrogen) atoms. The minimum atomic E-state index is -0.593. The average molecular weight is 221 g/mol. The molecule has 1 saturated carbocycles. The number of halogens is 1. The third kappa shape index (κ3) is 1.46. The number of hydrogen-bond donors (Lipinski definition) is 2. The second-order valence-corrected chi connectivity index (χ2v) is 5.40. The molecule has 1 aliphatic carbocycles. The highest BCUT2D eigenvalue weighted by molar-refractivity contribution is 5.24. The maximum absolute atomic E-state index is 13.1. The van der Waals surface area contributed by atoms with Gasteiger partial charge in [0, 0.05) is 11.6 Å². The maximum Gasteiger partial charge on any atom is 0.123 e. The van der Waals surface area contributed by atoms with Crippen molar-refractivity contribution in [2.45, 2.75) is 37.5 Å². The van der Waals surface area contributed by atoms with E-state index in [4.69, 9.17) is 0 Å². The van der Waals surface area contributed by atoms with Gasteiger partial charge in [-0.05, 0) is 43.4 Å². The molecule has 0 radical (unpaired) electrons. The number of aliphatic hydroxyl groups excluding tert-OH is 1. The second kappa shape index (κ2) is 3.28. The molecule has 3 fully saturated rings. The molecule has 1 aromatic carbocycles. The number of aliphatic hydroxyl groups is 1. The zero-order valence-electron chi connectivity index (χ0n) is 9.28. The molecule has 2 atom stereocenters. The summed E-state index contributed by atoms with van der Waals surface area (Å²) in [5, 5.41) is 13.7. The molecule has 2 bridgehead atoms. The zero-order chi connectivity index (χ0) is 11.3. The van der Waals surface area contributed by atoms with Gasteiger partial charge in [-0.25, -0.2) is 4.39 Å². The molecular formula is C13H16FNO. The Morgan fingerprint density at radius 2 is 2.25 bits per heavy atom. The van der Waals surface area contributed by atoms with Crippen LogP contribution in [0.3, 0.4) is 0 Å². The Morgan fingerprint density at radius 1 is 1.50 bits per heavy atom. The maximum atomic E-state index is 13.1. The molecule has 0 aromatic heterocycles. The van der Waals surface area contributed by atoms with Crippen molar-refractivity contribution >= 4 is 0 Å². The third-order valence-corrected chi connectivity index (χ3v) is 3.98. The predicted molar refractivity (Wildman–Crippen MR) is 59.4 cm³/mol. The summed E-state index contributed by atoms with van der Waals surface area (Å²) in [5.41, 5.74) is 0.887. The van der Waals surface area contributed by atoms with Crippen LogP contribution in [0.15, 0.2) is 24.3 Å². The van der Waals surface area contributed by atoms with Crippen molar-refractivity contribution in [1.82, 2.24) is 5.32 Å². The fourth-order valence-electron chi connectivity index (χ4n) is 3.22. The van der Waals surface area contributed by atoms with Crippen LogP contribution >= 0.6 is 0 Å². The second-order valence-electron chi connectivity index (χ2n) is 5.40. The van der Waals surface area contributed by atoms with Crippen molar-refractivity contribution in [1.29, 1.82) is 0 Å². The summed E-state index contributed by atoms with van der Waals surface area (Å²) in [6.07, 6.45) is 1.67. The quantitative estimate of drug-likeness (QED) is 0.800. The van der Waals surface area contributed by atoms with Gasteiger partial charge >= 0.3 is 0 Å². The number of benzene rings is 1. The lowest BCUT2D eigenvalue weighted by atomic mass is 9.72. The van der Waals surface area contributed by atoms with E-state index in [1.54, 1.807) is 12.1 Å². The van der Waals surface area contributed by atoms with Gasteiger partial charge in [0.15, 0.2) is 0 Å². The first kappa shape index (κ1) is 10.2. The Morgan fingerprint density at radius 3 is 2.81 bits per heavy atom. The lowest BCUT2D eigenvalue weighted by molar-refractivity contribution is 0.121. The van der Waals surface area contributed by atoms with Crippen LogP contribution < -0.4 is 5.32 Å². The molecule has 0 unspecified atom stereocenters. The fraction of sp³-hybridized carbons (Fsp3) is 0.538. The van der Waals surface area contributed by atoms with Gasteiger partial charge < -0.3 is 10.4 Å². The van der Waals surface area contributed by atoms with E-state index in [9.17, 15) is 9.50 Å². The minimum Gasteiger partial charge on any atom is -0.387 e. The normalized spacial score (nSPS) is 38.2. The van der Waals surface area contributed by atoms with E-state index >= 15 is 0 Å². The van der Waals surface area contributed by atoms with Gasteiger partial charge in [0.05, 0.1) is 6.10 Å². The average Bonchev–Trinajstić information content (AvgIpc) is 2.70. The Kier molecular flexibility index (Phi) is 2.10. The number of nitrogens with one attached hydrogen (secondary N) is 1. The summed E-state index contributed by atoms with van der Waals surface area (Å²) in [6.45, 7) is 2.18. The fourth-order valence-corrected chi connectivity index (χ4v) is 3.22. The predicted octanol–water partition coefficient (Wildman–Crippen LogP) is 2.00. The van der Waals surface area contributed by atoms with E-state index in [1.165, 1.54) is 12.1 Å². The van der Waals surface area contributed by atoms with Crippen LogP contribution in [0.5, 0.6) is 0 Å². The van der Waals surface area contributed by atoms with Crippen molar-refractivity contribution in [3.8, 4) is 0 Å². The Bertz CT molecular complexity index is 414. The van der Waals surface area contributed by atoms with Crippen molar-refractivity contribution in [2.24, 2.45) is 5.92 Å². The van der Waals surface area contributed by atoms with E-state index < -0.39 is 6.10 Å². The van der Waals surface area contributed by atoms with Crippen LogP contribution in [0, 0.1) is 11.7 Å². The molecule has 3 aliphatic rings. The monoisotopic (exact) mass is 221 g/mol. The summed E-state index contributed by atoms with van der Waals surface area (Å²) < 4.78 is 13.1. The van der Waals surface area contributed by atoms with Crippen LogP contribution in [0.2, 0.25) is 0 Å². The van der Waals surface area contributed by atoms with Crippen molar-refractivity contribution in [2.75, 3.05) is 0 Å². The van der Waals surface area contributed by atoms with Gasteiger partial charge in [-0.1, -0.05) is 12.1 Å². The Labute approximate surface area is 94.5 Å². The van der Waals surface area contributed by atoms with Crippen LogP contribution in [0.25, 0.3) is 0 Å². The highest BCUT2D eigenvalue weighted by Gasteiger charge is 2.54. The van der Waals surface area contributed by atoms with E-state index in [2.05, 4.69) is 12.2 Å². The van der Waals surface area contributed by atoms with E-state index in [0.29, 0.717) is 11.5 Å². The molecule has 3 heteroatoms. The third-order valence-electron chi connectivity index (χ3n) is 3.98. The molecule has 2 heterocycles. The lowest BCUT2D eigenvalue weighted by Gasteiger charge is -2.33. The van der Waals surface area contributed by atoms with Crippen LogP contribution in [0.4, 0.5) is 4.39 Å². The highest BCUT2D eigenvalue weighted by atomic mass is 19.1. The molecule has 0 spiro atoms. The lowest BCUT2D eigenvalue weighted by Crippen LogP contribution is -2.40. The van der Waals surface area contributed by atoms with Crippen LogP contribution in [-0.2, 0) is 0 Å². The Hall–Kier alpha value is -0.930. The molecule has 2 nitrogen and oxygen atoms in total. The first-order valence-electron chi connectivity index (χ1n) is 5.79. The molecule has 0 amide bonds. The summed E-state index contributed by atoms with van der Waals surface area (Å²) in [7, 11) is 0. The number of hydrogen-bond acceptors (Lipinski definition) is 2. The standard InChI is InChI=1S/C13H16FNO/c1-13-6-9(7-13)11(15-13)12(16)8-3-2-4-10(14)5-8/h2-5,9,11-12,15-16H,6-7H2,1H3/t9?,11-,12+,13?/m0/s1. The SMILES string of the molecule is CC12CC(C1)[C@@H]([C@H](O)c1cccc(F)c1)N2. The zero-order valence-corrected chi connectivity index (χ0v) is 9.28. The topological polar surface area (TPSA) is 32.3 Å². The molecular weight excluding hydrogens is 205 g/mol. The summed E-state index contributed by atoms with van der Waals surface area (Å²) in [5.74, 6) is 0.261. The first-order valence-corrected chi connectivity index (χ1v) is 5.79. The summed E-state index contributed by atoms with van der Waals surface area (Å²) >= 11 is 0. The van der Waals surface area contributed by atoms with Crippen molar-refractivity contribution < 1.29 is 9.50 Å². The van der Waals surface area contributed by atoms with Gasteiger partial charge in [-0.2, -0.15) is 0 Å². The van der Waals surface area contributed by atoms with Gasteiger partial charge in [0.25, 0.3) is 0 Å². The summed E-state index contributed by atoms with van der Waals surface area (Å²) in [6, 6.07) is 6.35. The minimum absolute atomic E-state index is 0.0896. The number of fused-ring (bicyclic) bond motifs is 1. The molecule has 4 rings (SSSR count). The summed E-state index contributed by atoms with van der Waals surface area (Å²) in [4.78, 5) is 0. The Balaban J connectivity index is 1.81. The molecule has 2 saturated heterocycles. The van der Waals surface area contributed by atoms with Gasteiger partial charge in [-0.15, -0.1) is 0 Å².